The number of para-hydroxylation sites is 1. The second-order valence-electron chi connectivity index (χ2n) is 8.44. The van der Waals surface area contributed by atoms with Crippen LogP contribution < -0.4 is 5.32 Å². The molecule has 2 amide bonds. The summed E-state index contributed by atoms with van der Waals surface area (Å²) in [7, 11) is 0. The largest absolute Gasteiger partial charge is 0.335 e. The molecule has 29 heavy (non-hydrogen) atoms. The van der Waals surface area contributed by atoms with Crippen LogP contribution in [0.3, 0.4) is 0 Å². The zero-order valence-electron chi connectivity index (χ0n) is 17.7. The summed E-state index contributed by atoms with van der Waals surface area (Å²) in [6.45, 7) is 8.54. The molecule has 2 heterocycles. The lowest BCUT2D eigenvalue weighted by Gasteiger charge is -2.36. The van der Waals surface area contributed by atoms with E-state index in [1.54, 1.807) is 0 Å². The number of carbonyl (C=O) groups excluding carboxylic acids is 1. The van der Waals surface area contributed by atoms with E-state index < -0.39 is 0 Å². The number of piperazine rings is 1. The Morgan fingerprint density at radius 3 is 2.41 bits per heavy atom. The number of aromatic nitrogens is 2. The van der Waals surface area contributed by atoms with Crippen molar-refractivity contribution in [3.8, 4) is 5.69 Å². The summed E-state index contributed by atoms with van der Waals surface area (Å²) in [5.74, 6) is 0. The average molecular weight is 396 g/mol. The molecule has 4 rings (SSSR count). The molecule has 1 saturated carbocycles. The van der Waals surface area contributed by atoms with Crippen LogP contribution in [0, 0.1) is 13.8 Å². The van der Waals surface area contributed by atoms with Crippen molar-refractivity contribution in [2.24, 2.45) is 0 Å². The summed E-state index contributed by atoms with van der Waals surface area (Å²) in [5, 5.41) is 8.02. The van der Waals surface area contributed by atoms with Crippen LogP contribution in [0.5, 0.6) is 0 Å². The van der Waals surface area contributed by atoms with E-state index in [0.717, 1.165) is 56.9 Å². The predicted octanol–water partition coefficient (Wildman–Crippen LogP) is 3.65. The zero-order chi connectivity index (χ0) is 20.2. The van der Waals surface area contributed by atoms with E-state index in [9.17, 15) is 4.79 Å². The number of benzene rings is 1. The molecule has 0 bridgehead atoms. The van der Waals surface area contributed by atoms with Gasteiger partial charge in [0.25, 0.3) is 0 Å². The minimum Gasteiger partial charge on any atom is -0.335 e. The molecule has 6 heteroatoms. The number of rotatable bonds is 4. The molecule has 2 aliphatic rings. The Bertz CT molecular complexity index is 817. The molecular weight excluding hydrogens is 362 g/mol. The molecule has 1 aliphatic carbocycles. The van der Waals surface area contributed by atoms with Gasteiger partial charge in [-0.2, -0.15) is 5.10 Å². The van der Waals surface area contributed by atoms with Crippen LogP contribution in [0.4, 0.5) is 4.79 Å². The molecule has 1 saturated heterocycles. The minimum atomic E-state index is 0.126. The highest BCUT2D eigenvalue weighted by molar-refractivity contribution is 5.74. The normalized spacial score (nSPS) is 18.8. The maximum Gasteiger partial charge on any atom is 0.317 e. The van der Waals surface area contributed by atoms with Gasteiger partial charge >= 0.3 is 6.03 Å². The molecule has 0 atom stereocenters. The first-order valence-electron chi connectivity index (χ1n) is 11.0. The number of aryl methyl sites for hydroxylation is 1. The maximum absolute atomic E-state index is 12.6. The smallest absolute Gasteiger partial charge is 0.317 e. The average Bonchev–Trinajstić information content (AvgIpc) is 3.04. The van der Waals surface area contributed by atoms with Crippen molar-refractivity contribution in [1.82, 2.24) is 24.9 Å². The van der Waals surface area contributed by atoms with Gasteiger partial charge < -0.3 is 10.2 Å². The van der Waals surface area contributed by atoms with Gasteiger partial charge in [-0.25, -0.2) is 9.48 Å². The topological polar surface area (TPSA) is 53.4 Å². The molecule has 2 aromatic rings. The summed E-state index contributed by atoms with van der Waals surface area (Å²) >= 11 is 0. The summed E-state index contributed by atoms with van der Waals surface area (Å²) in [5.41, 5.74) is 4.69. The van der Waals surface area contributed by atoms with Gasteiger partial charge in [0, 0.05) is 50.0 Å². The molecule has 156 valence electrons. The Balaban J connectivity index is 1.33. The van der Waals surface area contributed by atoms with Crippen LogP contribution in [0.1, 0.15) is 49.1 Å². The van der Waals surface area contributed by atoms with Crippen LogP contribution in [0.15, 0.2) is 30.3 Å². The third kappa shape index (κ3) is 4.64. The van der Waals surface area contributed by atoms with Gasteiger partial charge in [0.15, 0.2) is 0 Å². The fraction of sp³-hybridized carbons (Fsp3) is 0.565. The molecule has 2 fully saturated rings. The van der Waals surface area contributed by atoms with Crippen LogP contribution in [-0.2, 0) is 6.54 Å². The summed E-state index contributed by atoms with van der Waals surface area (Å²) in [4.78, 5) is 17.0. The van der Waals surface area contributed by atoms with E-state index in [-0.39, 0.29) is 6.03 Å². The Morgan fingerprint density at radius 1 is 1.03 bits per heavy atom. The van der Waals surface area contributed by atoms with Gasteiger partial charge in [-0.3, -0.25) is 4.90 Å². The number of carbonyl (C=O) groups is 1. The van der Waals surface area contributed by atoms with Gasteiger partial charge in [-0.15, -0.1) is 0 Å². The zero-order valence-corrected chi connectivity index (χ0v) is 17.7. The molecule has 1 aromatic carbocycles. The molecule has 1 aromatic heterocycles. The maximum atomic E-state index is 12.6. The molecule has 0 radical (unpaired) electrons. The van der Waals surface area contributed by atoms with Crippen LogP contribution in [0.2, 0.25) is 0 Å². The fourth-order valence-corrected chi connectivity index (χ4v) is 4.57. The van der Waals surface area contributed by atoms with Crippen molar-refractivity contribution in [3.05, 3.63) is 47.3 Å². The Kier molecular flexibility index (Phi) is 6.19. The van der Waals surface area contributed by atoms with Crippen LogP contribution in [-0.4, -0.2) is 57.8 Å². The number of hydrogen-bond donors (Lipinski definition) is 1. The lowest BCUT2D eigenvalue weighted by molar-refractivity contribution is 0.131. The van der Waals surface area contributed by atoms with Crippen molar-refractivity contribution >= 4 is 6.03 Å². The van der Waals surface area contributed by atoms with E-state index in [1.807, 2.05) is 27.8 Å². The van der Waals surface area contributed by atoms with Gasteiger partial charge in [0.1, 0.15) is 0 Å². The molecule has 1 aliphatic heterocycles. The first-order valence-corrected chi connectivity index (χ1v) is 11.0. The fourth-order valence-electron chi connectivity index (χ4n) is 4.57. The van der Waals surface area contributed by atoms with Crippen molar-refractivity contribution in [1.29, 1.82) is 0 Å². The number of hydrogen-bond acceptors (Lipinski definition) is 3. The van der Waals surface area contributed by atoms with Gasteiger partial charge in [-0.1, -0.05) is 37.5 Å². The van der Waals surface area contributed by atoms with E-state index in [2.05, 4.69) is 36.2 Å². The SMILES string of the molecule is Cc1nn(-c2ccccc2)c(C)c1CN1CCN(C(=O)NC2CCCCC2)CC1. The van der Waals surface area contributed by atoms with E-state index in [4.69, 9.17) is 5.10 Å². The minimum absolute atomic E-state index is 0.126. The van der Waals surface area contributed by atoms with Crippen molar-refractivity contribution in [2.45, 2.75) is 58.5 Å². The second kappa shape index (κ2) is 8.99. The molecule has 6 nitrogen and oxygen atoms in total. The first-order chi connectivity index (χ1) is 14.1. The lowest BCUT2D eigenvalue weighted by Crippen LogP contribution is -2.53. The Hall–Kier alpha value is -2.34. The van der Waals surface area contributed by atoms with E-state index in [0.29, 0.717) is 6.04 Å². The second-order valence-corrected chi connectivity index (χ2v) is 8.44. The molecule has 0 unspecified atom stereocenters. The van der Waals surface area contributed by atoms with Gasteiger partial charge in [0.05, 0.1) is 11.4 Å². The summed E-state index contributed by atoms with van der Waals surface area (Å²) < 4.78 is 2.04. The van der Waals surface area contributed by atoms with Crippen molar-refractivity contribution < 1.29 is 4.79 Å². The third-order valence-electron chi connectivity index (χ3n) is 6.42. The Labute approximate surface area is 173 Å². The van der Waals surface area contributed by atoms with E-state index >= 15 is 0 Å². The third-order valence-corrected chi connectivity index (χ3v) is 6.42. The number of nitrogens with one attached hydrogen (secondary N) is 1. The van der Waals surface area contributed by atoms with Crippen molar-refractivity contribution in [2.75, 3.05) is 26.2 Å². The lowest BCUT2D eigenvalue weighted by atomic mass is 9.96. The van der Waals surface area contributed by atoms with Gasteiger partial charge in [0.2, 0.25) is 0 Å². The molecule has 0 spiro atoms. The van der Waals surface area contributed by atoms with Crippen LogP contribution in [0.25, 0.3) is 5.69 Å². The molecular formula is C23H33N5O. The number of nitrogens with zero attached hydrogens (tertiary/aromatic N) is 4. The van der Waals surface area contributed by atoms with Crippen LogP contribution >= 0.6 is 0 Å². The quantitative estimate of drug-likeness (QED) is 0.860. The Morgan fingerprint density at radius 2 is 1.72 bits per heavy atom. The number of amides is 2. The van der Waals surface area contributed by atoms with E-state index in [1.165, 1.54) is 30.5 Å². The standard InChI is InChI=1S/C23H33N5O/c1-18-22(19(2)28(25-18)21-11-7-4-8-12-21)17-26-13-15-27(16-14-26)23(29)24-20-9-5-3-6-10-20/h4,7-8,11-12,20H,3,5-6,9-10,13-17H2,1-2H3,(H,24,29). The number of urea groups is 1. The molecule has 1 N–H and O–H groups in total. The first kappa shape index (κ1) is 20.0. The monoisotopic (exact) mass is 395 g/mol. The highest BCUT2D eigenvalue weighted by Crippen LogP contribution is 2.21. The predicted molar refractivity (Wildman–Crippen MR) is 115 cm³/mol. The summed E-state index contributed by atoms with van der Waals surface area (Å²) in [6.07, 6.45) is 6.07. The van der Waals surface area contributed by atoms with Gasteiger partial charge in [-0.05, 0) is 38.8 Å². The highest BCUT2D eigenvalue weighted by Gasteiger charge is 2.25. The highest BCUT2D eigenvalue weighted by atomic mass is 16.2. The van der Waals surface area contributed by atoms with Crippen molar-refractivity contribution in [3.63, 3.8) is 0 Å². The summed E-state index contributed by atoms with van der Waals surface area (Å²) in [6, 6.07) is 10.8.